The molecule has 1 fully saturated rings. The minimum atomic E-state index is 0.735. The highest BCUT2D eigenvalue weighted by Gasteiger charge is 2.23. The summed E-state index contributed by atoms with van der Waals surface area (Å²) in [5.74, 6) is 1.64. The van der Waals surface area contributed by atoms with Crippen molar-refractivity contribution >= 4 is 0 Å². The van der Waals surface area contributed by atoms with Crippen LogP contribution in [0.25, 0.3) is 0 Å². The first-order valence-electron chi connectivity index (χ1n) is 4.43. The highest BCUT2D eigenvalue weighted by molar-refractivity contribution is 4.90. The van der Waals surface area contributed by atoms with Crippen LogP contribution in [0, 0.1) is 5.92 Å². The third-order valence-corrected chi connectivity index (χ3v) is 2.08. The van der Waals surface area contributed by atoms with Gasteiger partial charge in [0.15, 0.2) is 0 Å². The van der Waals surface area contributed by atoms with Gasteiger partial charge in [-0.3, -0.25) is 0 Å². The van der Waals surface area contributed by atoms with Crippen LogP contribution in [-0.2, 0) is 0 Å². The molecule has 2 nitrogen and oxygen atoms in total. The average molecular weight is 154 g/mol. The predicted molar refractivity (Wildman–Crippen MR) is 47.9 cm³/mol. The standard InChI is InChI=1S/C9H18N2/c1-3-6-11(8(2)10)7-9-4-5-9/h9H,2-7,10H2,1H3. The highest BCUT2D eigenvalue weighted by atomic mass is 15.2. The number of nitrogens with two attached hydrogens (primary N) is 1. The summed E-state index contributed by atoms with van der Waals surface area (Å²) >= 11 is 0. The molecular formula is C9H18N2. The van der Waals surface area contributed by atoms with Gasteiger partial charge in [0, 0.05) is 13.1 Å². The number of nitrogens with zero attached hydrogens (tertiary/aromatic N) is 1. The third-order valence-electron chi connectivity index (χ3n) is 2.08. The summed E-state index contributed by atoms with van der Waals surface area (Å²) in [6.45, 7) is 8.12. The summed E-state index contributed by atoms with van der Waals surface area (Å²) in [5, 5.41) is 0. The van der Waals surface area contributed by atoms with Crippen LogP contribution in [0.4, 0.5) is 0 Å². The molecule has 1 rings (SSSR count). The second-order valence-corrected chi connectivity index (χ2v) is 3.38. The topological polar surface area (TPSA) is 29.3 Å². The van der Waals surface area contributed by atoms with Crippen LogP contribution in [0.1, 0.15) is 26.2 Å². The minimum Gasteiger partial charge on any atom is -0.386 e. The monoisotopic (exact) mass is 154 g/mol. The molecule has 1 aliphatic carbocycles. The van der Waals surface area contributed by atoms with Gasteiger partial charge in [-0.1, -0.05) is 13.5 Å². The fourth-order valence-corrected chi connectivity index (χ4v) is 1.23. The van der Waals surface area contributed by atoms with E-state index in [0.717, 1.165) is 31.2 Å². The van der Waals surface area contributed by atoms with Crippen molar-refractivity contribution in [1.82, 2.24) is 4.90 Å². The quantitative estimate of drug-likeness (QED) is 0.651. The van der Waals surface area contributed by atoms with Crippen molar-refractivity contribution in [2.45, 2.75) is 26.2 Å². The van der Waals surface area contributed by atoms with Gasteiger partial charge in [0.25, 0.3) is 0 Å². The summed E-state index contributed by atoms with van der Waals surface area (Å²) in [5.41, 5.74) is 5.63. The van der Waals surface area contributed by atoms with Crippen molar-refractivity contribution < 1.29 is 0 Å². The zero-order valence-corrected chi connectivity index (χ0v) is 7.34. The van der Waals surface area contributed by atoms with Gasteiger partial charge in [-0.2, -0.15) is 0 Å². The van der Waals surface area contributed by atoms with Gasteiger partial charge in [0.2, 0.25) is 0 Å². The third kappa shape index (κ3) is 2.83. The first-order valence-corrected chi connectivity index (χ1v) is 4.43. The molecule has 2 heteroatoms. The molecule has 0 aromatic rings. The molecule has 0 unspecified atom stereocenters. The Kier molecular flexibility index (Phi) is 2.80. The molecule has 0 bridgehead atoms. The maximum Gasteiger partial charge on any atom is 0.0912 e. The molecule has 0 aromatic carbocycles. The molecule has 0 amide bonds. The molecule has 11 heavy (non-hydrogen) atoms. The van der Waals surface area contributed by atoms with Crippen molar-refractivity contribution in [1.29, 1.82) is 0 Å². The largest absolute Gasteiger partial charge is 0.386 e. The molecular weight excluding hydrogens is 136 g/mol. The molecule has 0 atom stereocenters. The van der Waals surface area contributed by atoms with Crippen molar-refractivity contribution in [2.75, 3.05) is 13.1 Å². The van der Waals surface area contributed by atoms with Crippen molar-refractivity contribution in [3.05, 3.63) is 12.4 Å². The average Bonchev–Trinajstić information content (AvgIpc) is 2.70. The fraction of sp³-hybridized carbons (Fsp3) is 0.778. The second-order valence-electron chi connectivity index (χ2n) is 3.38. The van der Waals surface area contributed by atoms with Gasteiger partial charge < -0.3 is 10.6 Å². The molecule has 2 N–H and O–H groups in total. The molecule has 1 saturated carbocycles. The molecule has 0 aromatic heterocycles. The van der Waals surface area contributed by atoms with Gasteiger partial charge in [-0.05, 0) is 25.2 Å². The van der Waals surface area contributed by atoms with Crippen molar-refractivity contribution in [3.63, 3.8) is 0 Å². The van der Waals surface area contributed by atoms with E-state index in [1.54, 1.807) is 0 Å². The summed E-state index contributed by atoms with van der Waals surface area (Å²) in [6.07, 6.45) is 3.92. The normalized spacial score (nSPS) is 16.5. The van der Waals surface area contributed by atoms with E-state index >= 15 is 0 Å². The first kappa shape index (κ1) is 8.44. The number of rotatable bonds is 5. The molecule has 64 valence electrons. The zero-order valence-electron chi connectivity index (χ0n) is 7.34. The lowest BCUT2D eigenvalue weighted by Gasteiger charge is -2.23. The lowest BCUT2D eigenvalue weighted by atomic mass is 10.3. The van der Waals surface area contributed by atoms with Gasteiger partial charge in [0.1, 0.15) is 0 Å². The van der Waals surface area contributed by atoms with E-state index in [2.05, 4.69) is 18.4 Å². The fourth-order valence-electron chi connectivity index (χ4n) is 1.23. The maximum atomic E-state index is 5.63. The molecule has 0 spiro atoms. The van der Waals surface area contributed by atoms with Gasteiger partial charge in [-0.15, -0.1) is 0 Å². The molecule has 0 heterocycles. The van der Waals surface area contributed by atoms with E-state index in [4.69, 9.17) is 5.73 Å². The lowest BCUT2D eigenvalue weighted by Crippen LogP contribution is -2.29. The SMILES string of the molecule is C=C(N)N(CCC)CC1CC1. The second kappa shape index (κ2) is 3.65. The first-order chi connectivity index (χ1) is 5.24. The van der Waals surface area contributed by atoms with Crippen LogP contribution in [0.15, 0.2) is 12.4 Å². The summed E-state index contributed by atoms with van der Waals surface area (Å²) in [4.78, 5) is 2.19. The minimum absolute atomic E-state index is 0.735. The van der Waals surface area contributed by atoms with Gasteiger partial charge in [0.05, 0.1) is 5.82 Å². The summed E-state index contributed by atoms with van der Waals surface area (Å²) in [6, 6.07) is 0. The van der Waals surface area contributed by atoms with E-state index in [0.29, 0.717) is 0 Å². The van der Waals surface area contributed by atoms with E-state index in [1.807, 2.05) is 0 Å². The van der Waals surface area contributed by atoms with Crippen molar-refractivity contribution in [3.8, 4) is 0 Å². The van der Waals surface area contributed by atoms with Crippen LogP contribution in [0.5, 0.6) is 0 Å². The molecule has 1 aliphatic rings. The zero-order chi connectivity index (χ0) is 8.27. The Morgan fingerprint density at radius 1 is 1.64 bits per heavy atom. The molecule has 0 aliphatic heterocycles. The molecule has 0 saturated heterocycles. The van der Waals surface area contributed by atoms with E-state index in [1.165, 1.54) is 12.8 Å². The number of hydrogen-bond donors (Lipinski definition) is 1. The Morgan fingerprint density at radius 3 is 2.64 bits per heavy atom. The van der Waals surface area contributed by atoms with Gasteiger partial charge in [-0.25, -0.2) is 0 Å². The highest BCUT2D eigenvalue weighted by Crippen LogP contribution is 2.30. The Bertz CT molecular complexity index is 138. The Labute approximate surface area is 69.1 Å². The van der Waals surface area contributed by atoms with E-state index in [-0.39, 0.29) is 0 Å². The summed E-state index contributed by atoms with van der Waals surface area (Å²) in [7, 11) is 0. The van der Waals surface area contributed by atoms with Crippen LogP contribution in [-0.4, -0.2) is 18.0 Å². The molecule has 0 radical (unpaired) electrons. The maximum absolute atomic E-state index is 5.63. The van der Waals surface area contributed by atoms with Crippen LogP contribution < -0.4 is 5.73 Å². The van der Waals surface area contributed by atoms with Crippen LogP contribution in [0.2, 0.25) is 0 Å². The summed E-state index contributed by atoms with van der Waals surface area (Å²) < 4.78 is 0. The van der Waals surface area contributed by atoms with Crippen LogP contribution in [0.3, 0.4) is 0 Å². The van der Waals surface area contributed by atoms with Crippen LogP contribution >= 0.6 is 0 Å². The number of hydrogen-bond acceptors (Lipinski definition) is 2. The van der Waals surface area contributed by atoms with E-state index < -0.39 is 0 Å². The Morgan fingerprint density at radius 2 is 2.27 bits per heavy atom. The van der Waals surface area contributed by atoms with E-state index in [9.17, 15) is 0 Å². The lowest BCUT2D eigenvalue weighted by molar-refractivity contribution is 0.328. The van der Waals surface area contributed by atoms with Gasteiger partial charge >= 0.3 is 0 Å². The Hall–Kier alpha value is -0.660. The predicted octanol–water partition coefficient (Wildman–Crippen LogP) is 1.54. The smallest absolute Gasteiger partial charge is 0.0912 e. The Balaban J connectivity index is 2.24. The van der Waals surface area contributed by atoms with Crippen molar-refractivity contribution in [2.24, 2.45) is 11.7 Å².